The number of ether oxygens (including phenoxy) is 1. The molecule has 0 radical (unpaired) electrons. The van der Waals surface area contributed by atoms with E-state index in [1.807, 2.05) is 34.6 Å². The van der Waals surface area contributed by atoms with E-state index in [0.29, 0.717) is 31.9 Å². The molecule has 1 aliphatic heterocycles. The van der Waals surface area contributed by atoms with Crippen molar-refractivity contribution < 1.29 is 23.1 Å². The Hall–Kier alpha value is -2.81. The van der Waals surface area contributed by atoms with Crippen LogP contribution in [0.5, 0.6) is 0 Å². The van der Waals surface area contributed by atoms with Crippen molar-refractivity contribution in [3.05, 3.63) is 41.2 Å². The van der Waals surface area contributed by atoms with Gasteiger partial charge in [-0.25, -0.2) is 13.8 Å². The zero-order valence-corrected chi connectivity index (χ0v) is 19.1. The van der Waals surface area contributed by atoms with E-state index in [4.69, 9.17) is 4.74 Å². The maximum Gasteiger partial charge on any atom is 0.272 e. The minimum absolute atomic E-state index is 0.0304. The van der Waals surface area contributed by atoms with Gasteiger partial charge in [0.1, 0.15) is 29.2 Å². The second kappa shape index (κ2) is 9.36. The number of imidazole rings is 1. The Morgan fingerprint density at radius 1 is 1.16 bits per heavy atom. The largest absolute Gasteiger partial charge is 0.379 e. The maximum atomic E-state index is 14.5. The van der Waals surface area contributed by atoms with Crippen LogP contribution >= 0.6 is 0 Å². The highest BCUT2D eigenvalue weighted by Gasteiger charge is 2.35. The zero-order chi connectivity index (χ0) is 23.6. The molecule has 1 aliphatic rings. The van der Waals surface area contributed by atoms with Gasteiger partial charge in [-0.3, -0.25) is 9.59 Å². The summed E-state index contributed by atoms with van der Waals surface area (Å²) in [4.78, 5) is 30.5. The molecule has 0 bridgehead atoms. The van der Waals surface area contributed by atoms with Gasteiger partial charge in [-0.2, -0.15) is 0 Å². The van der Waals surface area contributed by atoms with Gasteiger partial charge in [-0.15, -0.1) is 0 Å². The van der Waals surface area contributed by atoms with Gasteiger partial charge < -0.3 is 19.9 Å². The number of fused-ring (bicyclic) bond motifs is 1. The number of nitrogens with zero attached hydrogens (tertiary/aromatic N) is 2. The first-order valence-corrected chi connectivity index (χ1v) is 10.7. The first-order chi connectivity index (χ1) is 15.0. The lowest BCUT2D eigenvalue weighted by Gasteiger charge is -2.31. The standard InChI is InChI=1S/C23H30F2N4O3/c1-13(2)26-22(31)19(23(3,4)5)28-21(30)18-17-8-10-32-11-9-29(17)20(27-18)15-12-14(24)6-7-16(15)25/h6-7,12-13,19H,8-11H2,1-5H3,(H,26,31)(H,28,30). The summed E-state index contributed by atoms with van der Waals surface area (Å²) < 4.78 is 35.6. The third-order valence-electron chi connectivity index (χ3n) is 5.23. The zero-order valence-electron chi connectivity index (χ0n) is 19.1. The summed E-state index contributed by atoms with van der Waals surface area (Å²) in [5, 5.41) is 5.64. The summed E-state index contributed by atoms with van der Waals surface area (Å²) in [7, 11) is 0. The minimum Gasteiger partial charge on any atom is -0.379 e. The summed E-state index contributed by atoms with van der Waals surface area (Å²) in [6.07, 6.45) is 0.380. The van der Waals surface area contributed by atoms with Crippen molar-refractivity contribution >= 4 is 11.8 Å². The number of hydrogen-bond acceptors (Lipinski definition) is 4. The van der Waals surface area contributed by atoms with Crippen LogP contribution < -0.4 is 10.6 Å². The molecule has 0 saturated heterocycles. The summed E-state index contributed by atoms with van der Waals surface area (Å²) in [6.45, 7) is 10.3. The van der Waals surface area contributed by atoms with Crippen LogP contribution in [0.25, 0.3) is 11.4 Å². The van der Waals surface area contributed by atoms with Crippen molar-refractivity contribution in [3.63, 3.8) is 0 Å². The lowest BCUT2D eigenvalue weighted by molar-refractivity contribution is -0.125. The van der Waals surface area contributed by atoms with E-state index in [1.165, 1.54) is 0 Å². The Kier molecular flexibility index (Phi) is 6.97. The Morgan fingerprint density at radius 2 is 1.88 bits per heavy atom. The molecule has 9 heteroatoms. The molecule has 32 heavy (non-hydrogen) atoms. The van der Waals surface area contributed by atoms with E-state index in [-0.39, 0.29) is 29.0 Å². The Balaban J connectivity index is 2.03. The average molecular weight is 449 g/mol. The molecule has 0 aliphatic carbocycles. The van der Waals surface area contributed by atoms with Crippen molar-refractivity contribution in [1.82, 2.24) is 20.2 Å². The molecule has 0 fully saturated rings. The Labute approximate surface area is 186 Å². The number of rotatable bonds is 5. The SMILES string of the molecule is CC(C)NC(=O)C(NC(=O)c1nc(-c2cc(F)ccc2F)n2c1CCOCC2)C(C)(C)C. The van der Waals surface area contributed by atoms with E-state index >= 15 is 0 Å². The fraction of sp³-hybridized carbons (Fsp3) is 0.522. The van der Waals surface area contributed by atoms with Gasteiger partial charge in [0, 0.05) is 19.0 Å². The monoisotopic (exact) mass is 448 g/mol. The number of halogens is 2. The number of benzene rings is 1. The average Bonchev–Trinajstić information content (AvgIpc) is 2.87. The fourth-order valence-electron chi connectivity index (χ4n) is 3.71. The van der Waals surface area contributed by atoms with Gasteiger partial charge in [0.2, 0.25) is 5.91 Å². The molecule has 3 rings (SSSR count). The van der Waals surface area contributed by atoms with Crippen LogP contribution in [-0.2, 0) is 22.5 Å². The Bertz CT molecular complexity index is 1010. The predicted molar refractivity (Wildman–Crippen MR) is 116 cm³/mol. The first-order valence-electron chi connectivity index (χ1n) is 10.7. The smallest absolute Gasteiger partial charge is 0.272 e. The van der Waals surface area contributed by atoms with E-state index in [2.05, 4.69) is 15.6 Å². The van der Waals surface area contributed by atoms with Crippen LogP contribution in [0.1, 0.15) is 50.8 Å². The first kappa shape index (κ1) is 23.8. The van der Waals surface area contributed by atoms with E-state index < -0.39 is 29.0 Å². The molecular weight excluding hydrogens is 418 g/mol. The molecule has 7 nitrogen and oxygen atoms in total. The lowest BCUT2D eigenvalue weighted by Crippen LogP contribution is -2.54. The highest BCUT2D eigenvalue weighted by molar-refractivity contribution is 5.98. The van der Waals surface area contributed by atoms with Crippen LogP contribution in [0.3, 0.4) is 0 Å². The molecule has 2 aromatic rings. The van der Waals surface area contributed by atoms with E-state index in [0.717, 1.165) is 18.2 Å². The highest BCUT2D eigenvalue weighted by atomic mass is 19.1. The normalized spacial score (nSPS) is 15.1. The van der Waals surface area contributed by atoms with Gasteiger partial charge in [-0.05, 0) is 37.5 Å². The highest BCUT2D eigenvalue weighted by Crippen LogP contribution is 2.28. The topological polar surface area (TPSA) is 85.3 Å². The van der Waals surface area contributed by atoms with E-state index in [9.17, 15) is 18.4 Å². The molecule has 1 atom stereocenters. The molecule has 2 N–H and O–H groups in total. The predicted octanol–water partition coefficient (Wildman–Crippen LogP) is 3.07. The van der Waals surface area contributed by atoms with Crippen LogP contribution in [0.4, 0.5) is 8.78 Å². The van der Waals surface area contributed by atoms with Crippen LogP contribution in [0.15, 0.2) is 18.2 Å². The number of nitrogens with one attached hydrogen (secondary N) is 2. The molecule has 1 unspecified atom stereocenters. The van der Waals surface area contributed by atoms with Gasteiger partial charge in [0.05, 0.1) is 24.5 Å². The van der Waals surface area contributed by atoms with Gasteiger partial charge in [0.15, 0.2) is 0 Å². The van der Waals surface area contributed by atoms with Crippen molar-refractivity contribution in [2.45, 2.75) is 59.7 Å². The number of aromatic nitrogens is 2. The van der Waals surface area contributed by atoms with Gasteiger partial charge >= 0.3 is 0 Å². The van der Waals surface area contributed by atoms with Crippen LogP contribution in [-0.4, -0.2) is 46.7 Å². The van der Waals surface area contributed by atoms with Crippen LogP contribution in [0.2, 0.25) is 0 Å². The van der Waals surface area contributed by atoms with E-state index in [1.54, 1.807) is 4.57 Å². The Morgan fingerprint density at radius 3 is 2.53 bits per heavy atom. The summed E-state index contributed by atoms with van der Waals surface area (Å²) in [5.41, 5.74) is 0.0554. The van der Waals surface area contributed by atoms with Crippen molar-refractivity contribution in [1.29, 1.82) is 0 Å². The number of hydrogen-bond donors (Lipinski definition) is 2. The minimum atomic E-state index is -0.814. The molecule has 174 valence electrons. The maximum absolute atomic E-state index is 14.5. The van der Waals surface area contributed by atoms with Gasteiger partial charge in [0.25, 0.3) is 5.91 Å². The second-order valence-electron chi connectivity index (χ2n) is 9.30. The third kappa shape index (κ3) is 5.15. The lowest BCUT2D eigenvalue weighted by atomic mass is 9.86. The molecule has 1 aromatic heterocycles. The molecule has 2 amide bonds. The third-order valence-corrected chi connectivity index (χ3v) is 5.23. The fourth-order valence-corrected chi connectivity index (χ4v) is 3.71. The molecule has 0 spiro atoms. The van der Waals surface area contributed by atoms with Crippen LogP contribution in [0, 0.1) is 17.0 Å². The summed E-state index contributed by atoms with van der Waals surface area (Å²) in [5.74, 6) is -1.93. The molecule has 0 saturated carbocycles. The number of carbonyl (C=O) groups is 2. The van der Waals surface area contributed by atoms with Crippen molar-refractivity contribution in [2.75, 3.05) is 13.2 Å². The second-order valence-corrected chi connectivity index (χ2v) is 9.30. The number of carbonyl (C=O) groups excluding carboxylic acids is 2. The van der Waals surface area contributed by atoms with Crippen molar-refractivity contribution in [2.24, 2.45) is 5.41 Å². The molecule has 2 heterocycles. The molecule has 1 aromatic carbocycles. The molecular formula is C23H30F2N4O3. The summed E-state index contributed by atoms with van der Waals surface area (Å²) in [6, 6.07) is 2.22. The van der Waals surface area contributed by atoms with Crippen molar-refractivity contribution in [3.8, 4) is 11.4 Å². The summed E-state index contributed by atoms with van der Waals surface area (Å²) >= 11 is 0. The quantitative estimate of drug-likeness (QED) is 0.736. The van der Waals surface area contributed by atoms with Gasteiger partial charge in [-0.1, -0.05) is 20.8 Å². The number of amides is 2.